The van der Waals surface area contributed by atoms with Gasteiger partial charge in [0.15, 0.2) is 5.96 Å². The predicted molar refractivity (Wildman–Crippen MR) is 111 cm³/mol. The molecule has 0 amide bonds. The summed E-state index contributed by atoms with van der Waals surface area (Å²) in [5, 5.41) is 3.53. The number of rotatable bonds is 10. The van der Waals surface area contributed by atoms with Crippen LogP contribution in [0.15, 0.2) is 4.99 Å². The number of hydrogen-bond donors (Lipinski definition) is 1. The molecule has 0 bridgehead atoms. The van der Waals surface area contributed by atoms with Gasteiger partial charge in [0, 0.05) is 39.7 Å². The molecule has 0 radical (unpaired) electrons. The maximum atomic E-state index is 5.45. The Morgan fingerprint density at radius 2 is 2.04 bits per heavy atom. The second kappa shape index (κ2) is 14.3. The van der Waals surface area contributed by atoms with Gasteiger partial charge in [0.1, 0.15) is 0 Å². The molecule has 1 saturated heterocycles. The Bertz CT molecular complexity index is 307. The summed E-state index contributed by atoms with van der Waals surface area (Å²) in [6.45, 7) is 8.48. The number of halogens is 1. The molecular formula is C18H38IN3O. The van der Waals surface area contributed by atoms with Crippen LogP contribution in [0, 0.1) is 11.8 Å². The molecule has 1 fully saturated rings. The van der Waals surface area contributed by atoms with Crippen LogP contribution >= 0.6 is 24.0 Å². The van der Waals surface area contributed by atoms with Crippen LogP contribution in [-0.2, 0) is 4.74 Å². The first-order valence-corrected chi connectivity index (χ1v) is 9.16. The third kappa shape index (κ3) is 10.4. The van der Waals surface area contributed by atoms with E-state index in [-0.39, 0.29) is 24.0 Å². The minimum absolute atomic E-state index is 0. The monoisotopic (exact) mass is 439 g/mol. The van der Waals surface area contributed by atoms with Crippen LogP contribution in [-0.4, -0.2) is 51.3 Å². The first-order chi connectivity index (χ1) is 10.7. The predicted octanol–water partition coefficient (Wildman–Crippen LogP) is 4.14. The third-order valence-corrected chi connectivity index (χ3v) is 4.54. The molecular weight excluding hydrogens is 401 g/mol. The van der Waals surface area contributed by atoms with Crippen molar-refractivity contribution in [3.05, 3.63) is 0 Å². The summed E-state index contributed by atoms with van der Waals surface area (Å²) in [5.41, 5.74) is 0. The normalized spacial score (nSPS) is 19.3. The summed E-state index contributed by atoms with van der Waals surface area (Å²) >= 11 is 0. The molecule has 0 aliphatic carbocycles. The minimum atomic E-state index is 0. The van der Waals surface area contributed by atoms with Gasteiger partial charge in [-0.3, -0.25) is 4.99 Å². The zero-order valence-corrected chi connectivity index (χ0v) is 18.0. The number of nitrogens with one attached hydrogen (secondary N) is 1. The molecule has 2 unspecified atom stereocenters. The average molecular weight is 439 g/mol. The minimum Gasteiger partial charge on any atom is -0.381 e. The highest BCUT2D eigenvalue weighted by Crippen LogP contribution is 2.14. The maximum absolute atomic E-state index is 5.45. The summed E-state index contributed by atoms with van der Waals surface area (Å²) in [5.74, 6) is 2.38. The first-order valence-electron chi connectivity index (χ1n) is 9.16. The van der Waals surface area contributed by atoms with Gasteiger partial charge in [0.2, 0.25) is 0 Å². The Morgan fingerprint density at radius 1 is 1.30 bits per heavy atom. The quantitative estimate of drug-likeness (QED) is 0.241. The Kier molecular flexibility index (Phi) is 14.3. The summed E-state index contributed by atoms with van der Waals surface area (Å²) in [6.07, 6.45) is 9.33. The topological polar surface area (TPSA) is 36.9 Å². The summed E-state index contributed by atoms with van der Waals surface area (Å²) in [4.78, 5) is 6.66. The smallest absolute Gasteiger partial charge is 0.193 e. The molecule has 0 spiro atoms. The highest BCUT2D eigenvalue weighted by atomic mass is 127. The fourth-order valence-corrected chi connectivity index (χ4v) is 3.05. The maximum Gasteiger partial charge on any atom is 0.193 e. The Balaban J connectivity index is 0.00000484. The van der Waals surface area contributed by atoms with Crippen molar-refractivity contribution in [1.29, 1.82) is 0 Å². The van der Waals surface area contributed by atoms with E-state index in [0.717, 1.165) is 32.3 Å². The van der Waals surface area contributed by atoms with E-state index in [2.05, 4.69) is 36.1 Å². The van der Waals surface area contributed by atoms with Crippen LogP contribution in [0.3, 0.4) is 0 Å². The zero-order chi connectivity index (χ0) is 16.2. The van der Waals surface area contributed by atoms with E-state index in [9.17, 15) is 0 Å². The van der Waals surface area contributed by atoms with Gasteiger partial charge in [-0.15, -0.1) is 24.0 Å². The van der Waals surface area contributed by atoms with Gasteiger partial charge in [-0.05, 0) is 18.8 Å². The van der Waals surface area contributed by atoms with Crippen LogP contribution in [0.5, 0.6) is 0 Å². The fourth-order valence-electron chi connectivity index (χ4n) is 3.05. The molecule has 1 rings (SSSR count). The SMILES string of the molecule is CCCCCCCC(C)CNC(=NC)N(C)CC1CCOC1.I. The lowest BCUT2D eigenvalue weighted by Crippen LogP contribution is -2.42. The van der Waals surface area contributed by atoms with E-state index in [1.54, 1.807) is 0 Å². The van der Waals surface area contributed by atoms with Gasteiger partial charge in [-0.25, -0.2) is 0 Å². The molecule has 0 aromatic heterocycles. The lowest BCUT2D eigenvalue weighted by Gasteiger charge is -2.25. The van der Waals surface area contributed by atoms with Crippen molar-refractivity contribution in [2.24, 2.45) is 16.8 Å². The number of hydrogen-bond acceptors (Lipinski definition) is 2. The number of ether oxygens (including phenoxy) is 1. The molecule has 23 heavy (non-hydrogen) atoms. The molecule has 1 aliphatic rings. The zero-order valence-electron chi connectivity index (χ0n) is 15.6. The Hall–Kier alpha value is -0.0400. The van der Waals surface area contributed by atoms with Crippen molar-refractivity contribution in [3.63, 3.8) is 0 Å². The lowest BCUT2D eigenvalue weighted by molar-refractivity contribution is 0.181. The van der Waals surface area contributed by atoms with E-state index >= 15 is 0 Å². The standard InChI is InChI=1S/C18H37N3O.HI/c1-5-6-7-8-9-10-16(2)13-20-18(19-3)21(4)14-17-11-12-22-15-17;/h16-17H,5-15H2,1-4H3,(H,19,20);1H. The number of aliphatic imine (C=N–C) groups is 1. The van der Waals surface area contributed by atoms with E-state index in [0.29, 0.717) is 11.8 Å². The van der Waals surface area contributed by atoms with Gasteiger partial charge >= 0.3 is 0 Å². The van der Waals surface area contributed by atoms with Crippen molar-refractivity contribution in [2.45, 2.75) is 58.8 Å². The van der Waals surface area contributed by atoms with Crippen molar-refractivity contribution in [2.75, 3.05) is 40.4 Å². The lowest BCUT2D eigenvalue weighted by atomic mass is 10.0. The fraction of sp³-hybridized carbons (Fsp3) is 0.944. The molecule has 0 aromatic rings. The van der Waals surface area contributed by atoms with Gasteiger partial charge in [0.05, 0.1) is 6.61 Å². The molecule has 0 saturated carbocycles. The summed E-state index contributed by atoms with van der Waals surface area (Å²) in [6, 6.07) is 0. The van der Waals surface area contributed by atoms with Crippen molar-refractivity contribution in [3.8, 4) is 0 Å². The number of unbranched alkanes of at least 4 members (excludes halogenated alkanes) is 4. The number of guanidine groups is 1. The Morgan fingerprint density at radius 3 is 2.65 bits per heavy atom. The van der Waals surface area contributed by atoms with Gasteiger partial charge < -0.3 is 15.0 Å². The molecule has 1 heterocycles. The molecule has 138 valence electrons. The van der Waals surface area contributed by atoms with E-state index in [1.165, 1.54) is 44.9 Å². The molecule has 1 aliphatic heterocycles. The van der Waals surface area contributed by atoms with E-state index < -0.39 is 0 Å². The largest absolute Gasteiger partial charge is 0.381 e. The van der Waals surface area contributed by atoms with Crippen LogP contribution in [0.4, 0.5) is 0 Å². The van der Waals surface area contributed by atoms with Crippen LogP contribution in [0.2, 0.25) is 0 Å². The molecule has 4 nitrogen and oxygen atoms in total. The highest BCUT2D eigenvalue weighted by molar-refractivity contribution is 14.0. The molecule has 5 heteroatoms. The first kappa shape index (κ1) is 23.0. The second-order valence-electron chi connectivity index (χ2n) is 6.85. The number of nitrogens with zero attached hydrogens (tertiary/aromatic N) is 2. The average Bonchev–Trinajstić information content (AvgIpc) is 3.00. The van der Waals surface area contributed by atoms with Crippen LogP contribution < -0.4 is 5.32 Å². The van der Waals surface area contributed by atoms with Gasteiger partial charge in [-0.2, -0.15) is 0 Å². The third-order valence-electron chi connectivity index (χ3n) is 4.54. The van der Waals surface area contributed by atoms with Crippen molar-refractivity contribution >= 4 is 29.9 Å². The van der Waals surface area contributed by atoms with E-state index in [4.69, 9.17) is 4.74 Å². The van der Waals surface area contributed by atoms with Crippen molar-refractivity contribution in [1.82, 2.24) is 10.2 Å². The highest BCUT2D eigenvalue weighted by Gasteiger charge is 2.19. The van der Waals surface area contributed by atoms with Crippen molar-refractivity contribution < 1.29 is 4.74 Å². The Labute approximate surface area is 160 Å². The molecule has 2 atom stereocenters. The van der Waals surface area contributed by atoms with Crippen LogP contribution in [0.1, 0.15) is 58.8 Å². The van der Waals surface area contributed by atoms with E-state index in [1.807, 2.05) is 7.05 Å². The molecule has 1 N–H and O–H groups in total. The van der Waals surface area contributed by atoms with Gasteiger partial charge in [-0.1, -0.05) is 46.0 Å². The summed E-state index contributed by atoms with van der Waals surface area (Å²) in [7, 11) is 4.00. The summed E-state index contributed by atoms with van der Waals surface area (Å²) < 4.78 is 5.45. The van der Waals surface area contributed by atoms with Crippen LogP contribution in [0.25, 0.3) is 0 Å². The van der Waals surface area contributed by atoms with Gasteiger partial charge in [0.25, 0.3) is 0 Å². The molecule has 0 aromatic carbocycles. The second-order valence-corrected chi connectivity index (χ2v) is 6.85.